The molecule has 10 heteroatoms. The van der Waals surface area contributed by atoms with Gasteiger partial charge in [-0.2, -0.15) is 18.4 Å². The number of pyridine rings is 1. The lowest BCUT2D eigenvalue weighted by Crippen LogP contribution is -2.59. The van der Waals surface area contributed by atoms with E-state index in [1.165, 1.54) is 31.7 Å². The smallest absolute Gasteiger partial charge is 0.419 e. The van der Waals surface area contributed by atoms with Gasteiger partial charge >= 0.3 is 6.18 Å². The number of hydrogen-bond acceptors (Lipinski definition) is 6. The summed E-state index contributed by atoms with van der Waals surface area (Å²) in [5.41, 5.74) is 1.07. The molecule has 5 rings (SSSR count). The average Bonchev–Trinajstić information content (AvgIpc) is 3.50. The maximum atomic E-state index is 14.0. The molecule has 1 spiro atoms. The Balaban J connectivity index is 1.29. The molecule has 3 aromatic rings. The van der Waals surface area contributed by atoms with Gasteiger partial charge in [0.2, 0.25) is 0 Å². The second-order valence-corrected chi connectivity index (χ2v) is 10.2. The molecule has 2 aromatic heterocycles. The standard InChI is InChI=1S/C27H31F3N6O/c1-34-18-32-25-22(16-31)33-21(15-23(25)34)19-6-7-24(20(14-19)27(28,29)30)37-13-5-10-36-12-11-35(2)26(17-36)8-3-4-9-26/h6-7,14-15,18H,3-5,8-13,17H2,1-2H3. The van der Waals surface area contributed by atoms with Gasteiger partial charge in [0.1, 0.15) is 17.3 Å². The minimum Gasteiger partial charge on any atom is -0.493 e. The van der Waals surface area contributed by atoms with Gasteiger partial charge in [-0.3, -0.25) is 4.90 Å². The third-order valence-corrected chi connectivity index (χ3v) is 7.89. The first kappa shape index (κ1) is 25.5. The van der Waals surface area contributed by atoms with Crippen LogP contribution in [-0.2, 0) is 13.2 Å². The van der Waals surface area contributed by atoms with Gasteiger partial charge in [-0.25, -0.2) is 9.97 Å². The van der Waals surface area contributed by atoms with E-state index >= 15 is 0 Å². The number of likely N-dealkylation sites (N-methyl/N-ethyl adjacent to an activating group) is 1. The zero-order valence-electron chi connectivity index (χ0n) is 21.2. The van der Waals surface area contributed by atoms with E-state index in [4.69, 9.17) is 4.74 Å². The zero-order valence-corrected chi connectivity index (χ0v) is 21.2. The number of imidazole rings is 1. The Hall–Kier alpha value is -3.16. The average molecular weight is 513 g/mol. The van der Waals surface area contributed by atoms with Crippen LogP contribution in [-0.4, -0.2) is 69.7 Å². The van der Waals surface area contributed by atoms with E-state index < -0.39 is 11.7 Å². The molecular weight excluding hydrogens is 481 g/mol. The number of hydrogen-bond donors (Lipinski definition) is 0. The summed E-state index contributed by atoms with van der Waals surface area (Å²) >= 11 is 0. The second-order valence-electron chi connectivity index (χ2n) is 10.2. The summed E-state index contributed by atoms with van der Waals surface area (Å²) in [5, 5.41) is 9.46. The number of ether oxygens (including phenoxy) is 1. The van der Waals surface area contributed by atoms with Crippen molar-refractivity contribution >= 4 is 11.0 Å². The number of aromatic nitrogens is 3. The molecule has 0 amide bonds. The molecule has 0 radical (unpaired) electrons. The Morgan fingerprint density at radius 3 is 2.65 bits per heavy atom. The predicted octanol–water partition coefficient (Wildman–Crippen LogP) is 4.85. The zero-order chi connectivity index (χ0) is 26.2. The van der Waals surface area contributed by atoms with Crippen LogP contribution in [0, 0.1) is 11.3 Å². The summed E-state index contributed by atoms with van der Waals surface area (Å²) in [6.45, 7) is 4.02. The Labute approximate surface area is 214 Å². The molecule has 196 valence electrons. The quantitative estimate of drug-likeness (QED) is 0.440. The highest BCUT2D eigenvalue weighted by Crippen LogP contribution is 2.39. The lowest BCUT2D eigenvalue weighted by Gasteiger charge is -2.47. The third-order valence-electron chi connectivity index (χ3n) is 7.89. The molecule has 1 aromatic carbocycles. The van der Waals surface area contributed by atoms with E-state index in [1.807, 2.05) is 6.07 Å². The van der Waals surface area contributed by atoms with Crippen LogP contribution < -0.4 is 4.74 Å². The van der Waals surface area contributed by atoms with E-state index in [0.29, 0.717) is 17.5 Å². The molecule has 3 heterocycles. The van der Waals surface area contributed by atoms with Crippen molar-refractivity contribution < 1.29 is 17.9 Å². The summed E-state index contributed by atoms with van der Waals surface area (Å²) < 4.78 is 49.3. The van der Waals surface area contributed by atoms with Gasteiger partial charge in [-0.15, -0.1) is 0 Å². The van der Waals surface area contributed by atoms with Crippen molar-refractivity contribution in [1.29, 1.82) is 5.26 Å². The van der Waals surface area contributed by atoms with Gasteiger partial charge in [-0.1, -0.05) is 12.8 Å². The van der Waals surface area contributed by atoms with Crippen LogP contribution in [0.25, 0.3) is 22.3 Å². The minimum absolute atomic E-state index is 0.0743. The summed E-state index contributed by atoms with van der Waals surface area (Å²) in [7, 11) is 3.97. The van der Waals surface area contributed by atoms with Crippen LogP contribution in [0.1, 0.15) is 43.4 Å². The molecule has 37 heavy (non-hydrogen) atoms. The van der Waals surface area contributed by atoms with Crippen molar-refractivity contribution in [1.82, 2.24) is 24.3 Å². The van der Waals surface area contributed by atoms with Crippen LogP contribution in [0.3, 0.4) is 0 Å². The molecule has 0 atom stereocenters. The van der Waals surface area contributed by atoms with Crippen LogP contribution in [0.5, 0.6) is 5.75 Å². The van der Waals surface area contributed by atoms with Crippen molar-refractivity contribution in [3.63, 3.8) is 0 Å². The minimum atomic E-state index is -4.59. The van der Waals surface area contributed by atoms with Gasteiger partial charge in [0.25, 0.3) is 0 Å². The van der Waals surface area contributed by atoms with E-state index in [-0.39, 0.29) is 34.8 Å². The molecule has 7 nitrogen and oxygen atoms in total. The molecule has 0 bridgehead atoms. The molecule has 2 aliphatic rings. The molecule has 1 aliphatic heterocycles. The number of fused-ring (bicyclic) bond motifs is 1. The van der Waals surface area contributed by atoms with E-state index in [1.54, 1.807) is 30.1 Å². The first-order valence-corrected chi connectivity index (χ1v) is 12.7. The fraction of sp³-hybridized carbons (Fsp3) is 0.519. The van der Waals surface area contributed by atoms with Crippen molar-refractivity contribution in [2.24, 2.45) is 7.05 Å². The van der Waals surface area contributed by atoms with Gasteiger partial charge in [0.15, 0.2) is 5.69 Å². The van der Waals surface area contributed by atoms with Crippen LogP contribution in [0.15, 0.2) is 30.6 Å². The van der Waals surface area contributed by atoms with Gasteiger partial charge in [0.05, 0.1) is 29.7 Å². The Morgan fingerprint density at radius 2 is 1.92 bits per heavy atom. The highest BCUT2D eigenvalue weighted by molar-refractivity contribution is 5.84. The van der Waals surface area contributed by atoms with Gasteiger partial charge in [0, 0.05) is 44.3 Å². The summed E-state index contributed by atoms with van der Waals surface area (Å²) in [6.07, 6.45) is 2.58. The monoisotopic (exact) mass is 512 g/mol. The number of nitriles is 1. The van der Waals surface area contributed by atoms with Crippen LogP contribution in [0.2, 0.25) is 0 Å². The molecule has 0 unspecified atom stereocenters. The molecule has 0 N–H and O–H groups in total. The van der Waals surface area contributed by atoms with Crippen LogP contribution in [0.4, 0.5) is 13.2 Å². The first-order chi connectivity index (χ1) is 17.7. The highest BCUT2D eigenvalue weighted by atomic mass is 19.4. The number of alkyl halides is 3. The lowest BCUT2D eigenvalue weighted by molar-refractivity contribution is -0.138. The number of benzene rings is 1. The SMILES string of the molecule is CN1CCN(CCCOc2ccc(-c3cc4c(ncn4C)c(C#N)n3)cc2C(F)(F)F)CC12CCCC2. The third kappa shape index (κ3) is 5.03. The number of halogens is 3. The van der Waals surface area contributed by atoms with Crippen molar-refractivity contribution in [2.45, 2.75) is 43.8 Å². The summed E-state index contributed by atoms with van der Waals surface area (Å²) in [6, 6.07) is 7.59. The normalized spacial score (nSPS) is 18.5. The maximum Gasteiger partial charge on any atom is 0.419 e. The van der Waals surface area contributed by atoms with Gasteiger partial charge < -0.3 is 14.2 Å². The highest BCUT2D eigenvalue weighted by Gasteiger charge is 2.41. The molecule has 2 fully saturated rings. The number of piperazine rings is 1. The predicted molar refractivity (Wildman–Crippen MR) is 134 cm³/mol. The number of nitrogens with zero attached hydrogens (tertiary/aromatic N) is 6. The fourth-order valence-corrected chi connectivity index (χ4v) is 5.77. The Morgan fingerprint density at radius 1 is 1.14 bits per heavy atom. The topological polar surface area (TPSA) is 70.2 Å². The lowest BCUT2D eigenvalue weighted by atomic mass is 9.92. The second kappa shape index (κ2) is 9.95. The number of rotatable bonds is 6. The van der Waals surface area contributed by atoms with Crippen LogP contribution >= 0.6 is 0 Å². The first-order valence-electron chi connectivity index (χ1n) is 12.7. The molecular formula is C27H31F3N6O. The maximum absolute atomic E-state index is 14.0. The van der Waals surface area contributed by atoms with E-state index in [0.717, 1.165) is 32.2 Å². The summed E-state index contributed by atoms with van der Waals surface area (Å²) in [5.74, 6) is -0.191. The molecule has 1 aliphatic carbocycles. The van der Waals surface area contributed by atoms with Crippen molar-refractivity contribution in [3.8, 4) is 23.1 Å². The summed E-state index contributed by atoms with van der Waals surface area (Å²) in [4.78, 5) is 13.3. The largest absolute Gasteiger partial charge is 0.493 e. The molecule has 1 saturated heterocycles. The Kier molecular flexibility index (Phi) is 6.86. The van der Waals surface area contributed by atoms with E-state index in [2.05, 4.69) is 26.8 Å². The number of aryl methyl sites for hydroxylation is 1. The fourth-order valence-electron chi connectivity index (χ4n) is 5.77. The Bertz CT molecular complexity index is 1320. The van der Waals surface area contributed by atoms with Gasteiger partial charge in [-0.05, 0) is 50.6 Å². The van der Waals surface area contributed by atoms with Crippen molar-refractivity contribution in [2.75, 3.05) is 39.8 Å². The van der Waals surface area contributed by atoms with E-state index in [9.17, 15) is 18.4 Å². The molecule has 1 saturated carbocycles. The van der Waals surface area contributed by atoms with Crippen molar-refractivity contribution in [3.05, 3.63) is 41.9 Å².